The van der Waals surface area contributed by atoms with Crippen LogP contribution in [0.3, 0.4) is 0 Å². The van der Waals surface area contributed by atoms with E-state index < -0.39 is 5.82 Å². The highest BCUT2D eigenvalue weighted by atomic mass is 35.5. The standard InChI is InChI=1S/C20H15ClFN5O3/c1-28-13-5-2-11(3-6-13)17-9-27-16(10-29-17)18(24-26-27)19-23-20(30-25-19)14-8-12(22)4-7-15(14)21/h2-8,17H,9-10H2,1H3/t17-/m0/s1. The van der Waals surface area contributed by atoms with Crippen molar-refractivity contribution in [3.63, 3.8) is 0 Å². The van der Waals surface area contributed by atoms with Crippen LogP contribution in [0.15, 0.2) is 47.0 Å². The predicted molar refractivity (Wildman–Crippen MR) is 104 cm³/mol. The third kappa shape index (κ3) is 3.31. The first-order chi connectivity index (χ1) is 14.6. The highest BCUT2D eigenvalue weighted by Crippen LogP contribution is 2.32. The summed E-state index contributed by atoms with van der Waals surface area (Å²) < 4.78 is 31.8. The van der Waals surface area contributed by atoms with Gasteiger partial charge in [0.25, 0.3) is 5.89 Å². The Bertz CT molecular complexity index is 1210. The zero-order chi connectivity index (χ0) is 20.7. The topological polar surface area (TPSA) is 88.1 Å². The Labute approximate surface area is 175 Å². The summed E-state index contributed by atoms with van der Waals surface area (Å²) in [6.45, 7) is 0.777. The van der Waals surface area contributed by atoms with Crippen molar-refractivity contribution in [2.75, 3.05) is 7.11 Å². The smallest absolute Gasteiger partial charge is 0.259 e. The SMILES string of the molecule is COc1ccc([C@@H]2Cn3nnc(-c4noc(-c5cc(F)ccc5Cl)n4)c3CO2)cc1. The molecule has 0 unspecified atom stereocenters. The molecule has 0 radical (unpaired) electrons. The van der Waals surface area contributed by atoms with Gasteiger partial charge in [-0.05, 0) is 35.9 Å². The molecule has 5 rings (SSSR count). The lowest BCUT2D eigenvalue weighted by Gasteiger charge is -2.24. The zero-order valence-corrected chi connectivity index (χ0v) is 16.5. The van der Waals surface area contributed by atoms with E-state index in [1.54, 1.807) is 11.8 Å². The van der Waals surface area contributed by atoms with E-state index in [0.29, 0.717) is 22.8 Å². The summed E-state index contributed by atoms with van der Waals surface area (Å²) in [5.41, 5.74) is 2.51. The van der Waals surface area contributed by atoms with E-state index in [4.69, 9.17) is 25.6 Å². The largest absolute Gasteiger partial charge is 0.497 e. The number of benzene rings is 2. The molecule has 3 heterocycles. The Morgan fingerprint density at radius 2 is 2.03 bits per heavy atom. The molecule has 0 saturated heterocycles. The van der Waals surface area contributed by atoms with Gasteiger partial charge >= 0.3 is 0 Å². The highest BCUT2D eigenvalue weighted by molar-refractivity contribution is 6.33. The molecule has 0 N–H and O–H groups in total. The molecular formula is C20H15ClFN5O3. The Hall–Kier alpha value is -3.30. The summed E-state index contributed by atoms with van der Waals surface area (Å²) in [6.07, 6.45) is -0.162. The number of hydrogen-bond donors (Lipinski definition) is 0. The van der Waals surface area contributed by atoms with Gasteiger partial charge in [-0.25, -0.2) is 9.07 Å². The third-order valence-electron chi connectivity index (χ3n) is 4.88. The number of hydrogen-bond acceptors (Lipinski definition) is 7. The quantitative estimate of drug-likeness (QED) is 0.485. The molecule has 8 nitrogen and oxygen atoms in total. The Morgan fingerprint density at radius 1 is 1.20 bits per heavy atom. The number of ether oxygens (including phenoxy) is 2. The maximum atomic E-state index is 13.6. The van der Waals surface area contributed by atoms with E-state index in [1.165, 1.54) is 18.2 Å². The highest BCUT2D eigenvalue weighted by Gasteiger charge is 2.28. The fourth-order valence-corrected chi connectivity index (χ4v) is 3.49. The van der Waals surface area contributed by atoms with E-state index in [-0.39, 0.29) is 24.4 Å². The van der Waals surface area contributed by atoms with Gasteiger partial charge in [0.2, 0.25) is 5.82 Å². The lowest BCUT2D eigenvalue weighted by molar-refractivity contribution is -0.00114. The van der Waals surface area contributed by atoms with Crippen LogP contribution in [0.4, 0.5) is 4.39 Å². The molecule has 30 heavy (non-hydrogen) atoms. The fraction of sp³-hybridized carbons (Fsp3) is 0.200. The van der Waals surface area contributed by atoms with Crippen molar-refractivity contribution in [1.82, 2.24) is 25.1 Å². The van der Waals surface area contributed by atoms with Gasteiger partial charge in [0.15, 0.2) is 5.69 Å². The zero-order valence-electron chi connectivity index (χ0n) is 15.7. The van der Waals surface area contributed by atoms with E-state index in [1.807, 2.05) is 24.3 Å². The molecule has 1 aliphatic heterocycles. The third-order valence-corrected chi connectivity index (χ3v) is 5.21. The average Bonchev–Trinajstić information content (AvgIpc) is 3.42. The fourth-order valence-electron chi connectivity index (χ4n) is 3.30. The van der Waals surface area contributed by atoms with Crippen LogP contribution in [0.25, 0.3) is 23.0 Å². The maximum Gasteiger partial charge on any atom is 0.259 e. The first kappa shape index (κ1) is 18.7. The summed E-state index contributed by atoms with van der Waals surface area (Å²) in [5, 5.41) is 12.7. The van der Waals surface area contributed by atoms with Crippen LogP contribution in [-0.2, 0) is 17.9 Å². The molecule has 2 aromatic carbocycles. The number of fused-ring (bicyclic) bond motifs is 1. The number of nitrogens with zero attached hydrogens (tertiary/aromatic N) is 5. The van der Waals surface area contributed by atoms with E-state index in [9.17, 15) is 4.39 Å². The van der Waals surface area contributed by atoms with Crippen LogP contribution in [0, 0.1) is 5.82 Å². The Balaban J connectivity index is 1.41. The number of halogens is 2. The van der Waals surface area contributed by atoms with Crippen LogP contribution in [0.1, 0.15) is 17.4 Å². The first-order valence-electron chi connectivity index (χ1n) is 9.10. The monoisotopic (exact) mass is 427 g/mol. The molecule has 1 aliphatic rings. The lowest BCUT2D eigenvalue weighted by Crippen LogP contribution is -2.22. The van der Waals surface area contributed by atoms with Crippen LogP contribution in [-0.4, -0.2) is 32.2 Å². The van der Waals surface area contributed by atoms with Gasteiger partial charge in [-0.15, -0.1) is 5.10 Å². The normalized spacial score (nSPS) is 15.8. The Kier molecular flexibility index (Phi) is 4.68. The molecule has 0 spiro atoms. The van der Waals surface area contributed by atoms with Gasteiger partial charge in [0.05, 0.1) is 36.5 Å². The molecule has 10 heteroatoms. The van der Waals surface area contributed by atoms with Crippen LogP contribution >= 0.6 is 11.6 Å². The van der Waals surface area contributed by atoms with Crippen molar-refractivity contribution in [3.8, 4) is 28.7 Å². The number of methoxy groups -OCH3 is 1. The second-order valence-corrected chi connectivity index (χ2v) is 7.09. The summed E-state index contributed by atoms with van der Waals surface area (Å²) >= 11 is 6.12. The molecule has 1 atom stereocenters. The van der Waals surface area contributed by atoms with Gasteiger partial charge in [0, 0.05) is 0 Å². The molecule has 0 bridgehead atoms. The van der Waals surface area contributed by atoms with E-state index in [2.05, 4.69) is 20.5 Å². The maximum absolute atomic E-state index is 13.6. The summed E-state index contributed by atoms with van der Waals surface area (Å²) in [7, 11) is 1.63. The molecule has 152 valence electrons. The second kappa shape index (κ2) is 7.51. The molecule has 0 saturated carbocycles. The molecular weight excluding hydrogens is 413 g/mol. The van der Waals surface area contributed by atoms with Crippen molar-refractivity contribution in [2.45, 2.75) is 19.3 Å². The van der Waals surface area contributed by atoms with Gasteiger partial charge in [-0.1, -0.05) is 34.1 Å². The van der Waals surface area contributed by atoms with E-state index >= 15 is 0 Å². The summed E-state index contributed by atoms with van der Waals surface area (Å²) in [5.74, 6) is 0.667. The van der Waals surface area contributed by atoms with Gasteiger partial charge in [0.1, 0.15) is 17.7 Å². The van der Waals surface area contributed by atoms with Crippen molar-refractivity contribution < 1.29 is 18.4 Å². The number of rotatable bonds is 4. The van der Waals surface area contributed by atoms with Crippen molar-refractivity contribution >= 4 is 11.6 Å². The Morgan fingerprint density at radius 3 is 2.83 bits per heavy atom. The van der Waals surface area contributed by atoms with Gasteiger partial charge in [-0.3, -0.25) is 0 Å². The van der Waals surface area contributed by atoms with Crippen molar-refractivity contribution in [2.24, 2.45) is 0 Å². The van der Waals surface area contributed by atoms with Crippen LogP contribution in [0.2, 0.25) is 5.02 Å². The molecule has 0 fully saturated rings. The summed E-state index contributed by atoms with van der Waals surface area (Å²) in [6, 6.07) is 11.6. The first-order valence-corrected chi connectivity index (χ1v) is 9.47. The van der Waals surface area contributed by atoms with Gasteiger partial charge in [-0.2, -0.15) is 4.98 Å². The summed E-state index contributed by atoms with van der Waals surface area (Å²) in [4.78, 5) is 4.32. The molecule has 2 aromatic heterocycles. The predicted octanol–water partition coefficient (Wildman–Crippen LogP) is 4.07. The lowest BCUT2D eigenvalue weighted by atomic mass is 10.1. The van der Waals surface area contributed by atoms with Crippen LogP contribution < -0.4 is 4.74 Å². The molecule has 0 aliphatic carbocycles. The minimum atomic E-state index is -0.451. The molecule has 0 amide bonds. The van der Waals surface area contributed by atoms with Crippen molar-refractivity contribution in [1.29, 1.82) is 0 Å². The van der Waals surface area contributed by atoms with Gasteiger partial charge < -0.3 is 14.0 Å². The number of aromatic nitrogens is 5. The average molecular weight is 428 g/mol. The molecule has 4 aromatic rings. The minimum absolute atomic E-state index is 0.101. The minimum Gasteiger partial charge on any atom is -0.497 e. The van der Waals surface area contributed by atoms with E-state index in [0.717, 1.165) is 17.0 Å². The van der Waals surface area contributed by atoms with Crippen molar-refractivity contribution in [3.05, 3.63) is 64.6 Å². The van der Waals surface area contributed by atoms with Crippen LogP contribution in [0.5, 0.6) is 5.75 Å². The second-order valence-electron chi connectivity index (χ2n) is 6.69.